The minimum atomic E-state index is 1.00. The third-order valence-electron chi connectivity index (χ3n) is 0.0680. The molecule has 0 atom stereocenters. The third kappa shape index (κ3) is 3.80. The van der Waals surface area contributed by atoms with E-state index in [1.165, 1.54) is 0 Å². The zero-order chi connectivity index (χ0) is 4.12. The van der Waals surface area contributed by atoms with Crippen LogP contribution in [0.1, 0.15) is 0 Å². The predicted octanol–water partition coefficient (Wildman–Crippen LogP) is -3.01. The van der Waals surface area contributed by atoms with E-state index in [9.17, 15) is 0 Å². The molecule has 0 heterocycles. The quantitative estimate of drug-likeness (QED) is 0.282. The molecule has 0 saturated carbocycles. The lowest BCUT2D eigenvalue weighted by Gasteiger charge is -2.08. The number of nitrogens with one attached hydrogen (secondary N) is 1. The lowest BCUT2D eigenvalue weighted by atomic mass is 13.2. The van der Waals surface area contributed by atoms with Crippen molar-refractivity contribution >= 4 is 0 Å². The maximum atomic E-state index is 8.59. The summed E-state index contributed by atoms with van der Waals surface area (Å²) in [6.45, 7) is 0. The minimum absolute atomic E-state index is 1.00. The molecule has 0 unspecified atom stereocenters. The molecule has 0 aliphatic carbocycles. The summed E-state index contributed by atoms with van der Waals surface area (Å²) in [6, 6.07) is 0. The van der Waals surface area contributed by atoms with Crippen LogP contribution in [0.2, 0.25) is 0 Å². The summed E-state index contributed by atoms with van der Waals surface area (Å²) in [5.74, 6) is 0. The molecular formula is HNO4-2. The van der Waals surface area contributed by atoms with Crippen LogP contribution in [-0.2, 0) is 9.98 Å². The lowest BCUT2D eigenvalue weighted by Crippen LogP contribution is -2.27. The Kier molecular flexibility index (Phi) is 3.65. The van der Waals surface area contributed by atoms with Gasteiger partial charge < -0.3 is 20.5 Å². The Morgan fingerprint density at radius 2 is 1.60 bits per heavy atom. The fraction of sp³-hybridized carbons (Fsp3) is 0. The van der Waals surface area contributed by atoms with Gasteiger partial charge in [0.2, 0.25) is 0 Å². The van der Waals surface area contributed by atoms with E-state index in [-0.39, 0.29) is 0 Å². The van der Waals surface area contributed by atoms with Gasteiger partial charge in [-0.25, -0.2) is 0 Å². The second-order valence-corrected chi connectivity index (χ2v) is 0.250. The average Bonchev–Trinajstić information content (AvgIpc) is 1.41. The van der Waals surface area contributed by atoms with Gasteiger partial charge in [0.25, 0.3) is 0 Å². The van der Waals surface area contributed by atoms with Gasteiger partial charge in [-0.15, -0.1) is 0 Å². The van der Waals surface area contributed by atoms with E-state index in [1.54, 1.807) is 0 Å². The third-order valence-corrected chi connectivity index (χ3v) is 0.0680. The second-order valence-electron chi connectivity index (χ2n) is 0.250. The fourth-order valence-corrected chi connectivity index (χ4v) is 0.0139. The van der Waals surface area contributed by atoms with Crippen LogP contribution in [0.5, 0.6) is 0 Å². The zero-order valence-electron chi connectivity index (χ0n) is 2.13. The van der Waals surface area contributed by atoms with Gasteiger partial charge >= 0.3 is 0 Å². The molecular weight excluding hydrogens is 78.0 g/mol. The van der Waals surface area contributed by atoms with Crippen molar-refractivity contribution in [1.82, 2.24) is 5.64 Å². The highest BCUT2D eigenvalue weighted by Crippen LogP contribution is 1.32. The molecule has 0 aliphatic heterocycles. The van der Waals surface area contributed by atoms with E-state index >= 15 is 0 Å². The molecule has 0 radical (unpaired) electrons. The first-order valence-corrected chi connectivity index (χ1v) is 0.742. The van der Waals surface area contributed by atoms with Gasteiger partial charge in [0.05, 0.1) is 0 Å². The molecule has 5 heavy (non-hydrogen) atoms. The van der Waals surface area contributed by atoms with Crippen LogP contribution in [0, 0.1) is 0 Å². The molecule has 5 nitrogen and oxygen atoms in total. The molecule has 0 aromatic rings. The van der Waals surface area contributed by atoms with Crippen molar-refractivity contribution in [3.05, 3.63) is 0 Å². The highest BCUT2D eigenvalue weighted by Gasteiger charge is 1.43. The maximum Gasteiger partial charge on any atom is -0.0980 e. The number of rotatable bonds is 2. The fourth-order valence-electron chi connectivity index (χ4n) is 0.0139. The van der Waals surface area contributed by atoms with Gasteiger partial charge in [-0.05, 0) is 0 Å². The minimum Gasteiger partial charge on any atom is -0.702 e. The highest BCUT2D eigenvalue weighted by molar-refractivity contribution is 3.25. The van der Waals surface area contributed by atoms with Crippen LogP contribution >= 0.6 is 0 Å². The molecule has 0 aromatic carbocycles. The van der Waals surface area contributed by atoms with E-state index in [2.05, 4.69) is 9.98 Å². The van der Waals surface area contributed by atoms with Crippen molar-refractivity contribution in [2.45, 2.75) is 0 Å². The molecule has 0 spiro atoms. The Morgan fingerprint density at radius 3 is 1.60 bits per heavy atom. The van der Waals surface area contributed by atoms with Crippen LogP contribution in [0.25, 0.3) is 0 Å². The first kappa shape index (κ1) is 4.80. The van der Waals surface area contributed by atoms with Crippen LogP contribution in [0.3, 0.4) is 0 Å². The summed E-state index contributed by atoms with van der Waals surface area (Å²) in [5, 5.41) is 17.2. The van der Waals surface area contributed by atoms with Crippen molar-refractivity contribution in [3.8, 4) is 0 Å². The Hall–Kier alpha value is -0.200. The van der Waals surface area contributed by atoms with Crippen LogP contribution < -0.4 is 16.2 Å². The summed E-state index contributed by atoms with van der Waals surface area (Å²) < 4.78 is 0. The number of hydrogen-bond donors (Lipinski definition) is 1. The van der Waals surface area contributed by atoms with E-state index in [1.807, 2.05) is 0 Å². The topological polar surface area (TPSA) is 76.6 Å². The second kappa shape index (κ2) is 3.80. The van der Waals surface area contributed by atoms with Gasteiger partial charge in [0.1, 0.15) is 0 Å². The van der Waals surface area contributed by atoms with Gasteiger partial charge in [0.15, 0.2) is 0 Å². The maximum absolute atomic E-state index is 8.59. The molecule has 0 aliphatic rings. The largest absolute Gasteiger partial charge is 0.702 e. The van der Waals surface area contributed by atoms with Crippen molar-refractivity contribution in [1.29, 1.82) is 0 Å². The molecule has 1 N–H and O–H groups in total. The van der Waals surface area contributed by atoms with Crippen molar-refractivity contribution < 1.29 is 20.5 Å². The standard InChI is InChI=1S/H3NO4/c2-4-1-5-3/h1-3H/p-2. The summed E-state index contributed by atoms with van der Waals surface area (Å²) in [5.41, 5.74) is 1.00. The zero-order valence-corrected chi connectivity index (χ0v) is 2.13. The first-order valence-electron chi connectivity index (χ1n) is 0.742. The normalized spacial score (nSPS) is 8.40. The van der Waals surface area contributed by atoms with Crippen molar-refractivity contribution in [2.75, 3.05) is 0 Å². The van der Waals surface area contributed by atoms with Gasteiger partial charge in [-0.1, -0.05) is 5.64 Å². The Balaban J connectivity index is 2.19. The molecule has 32 valence electrons. The summed E-state index contributed by atoms with van der Waals surface area (Å²) in [4.78, 5) is 5.31. The molecule has 5 heteroatoms. The van der Waals surface area contributed by atoms with Gasteiger partial charge in [-0.3, -0.25) is 0 Å². The molecule has 0 saturated heterocycles. The molecule has 0 aromatic heterocycles. The predicted molar refractivity (Wildman–Crippen MR) is 5.31 cm³/mol. The van der Waals surface area contributed by atoms with Crippen molar-refractivity contribution in [2.24, 2.45) is 0 Å². The van der Waals surface area contributed by atoms with Gasteiger partial charge in [0, 0.05) is 0 Å². The molecule has 0 amide bonds. The summed E-state index contributed by atoms with van der Waals surface area (Å²) in [6.07, 6.45) is 0. The molecule has 0 rings (SSSR count). The monoisotopic (exact) mass is 79.0 g/mol. The Bertz CT molecular complexity index is 11.1. The number of hydrogen-bond acceptors (Lipinski definition) is 5. The van der Waals surface area contributed by atoms with E-state index < -0.39 is 0 Å². The lowest BCUT2D eigenvalue weighted by molar-refractivity contribution is -0.813. The van der Waals surface area contributed by atoms with Crippen molar-refractivity contribution in [3.63, 3.8) is 0 Å². The van der Waals surface area contributed by atoms with E-state index in [4.69, 9.17) is 10.5 Å². The average molecular weight is 79.0 g/mol. The molecule has 0 bridgehead atoms. The summed E-state index contributed by atoms with van der Waals surface area (Å²) in [7, 11) is 0. The van der Waals surface area contributed by atoms with Crippen LogP contribution in [-0.4, -0.2) is 0 Å². The first-order chi connectivity index (χ1) is 2.41. The highest BCUT2D eigenvalue weighted by atomic mass is 17.3. The summed E-state index contributed by atoms with van der Waals surface area (Å²) >= 11 is 0. The van der Waals surface area contributed by atoms with Gasteiger partial charge in [-0.2, -0.15) is 0 Å². The van der Waals surface area contributed by atoms with E-state index in [0.29, 0.717) is 0 Å². The SMILES string of the molecule is [O-]ONO[O-]. The molecule has 0 fully saturated rings. The smallest absolute Gasteiger partial charge is 0.0980 e. The Morgan fingerprint density at radius 1 is 1.20 bits per heavy atom. The Labute approximate surface area is 27.5 Å². The van der Waals surface area contributed by atoms with E-state index in [0.717, 1.165) is 5.64 Å². The van der Waals surface area contributed by atoms with Crippen LogP contribution in [0.15, 0.2) is 0 Å². The van der Waals surface area contributed by atoms with Crippen LogP contribution in [0.4, 0.5) is 0 Å².